The quantitative estimate of drug-likeness (QED) is 0.541. The Kier molecular flexibility index (Phi) is 5.15. The van der Waals surface area contributed by atoms with Crippen LogP contribution in [0.5, 0.6) is 0 Å². The average molecular weight is 386 g/mol. The number of nitrogens with two attached hydrogens (primary N) is 1. The normalized spacial score (nSPS) is 11.0. The molecule has 4 N–H and O–H groups in total. The number of thiophene rings is 1. The molecule has 2 aromatic rings. The van der Waals surface area contributed by atoms with E-state index in [4.69, 9.17) is 10.8 Å². The van der Waals surface area contributed by atoms with Gasteiger partial charge in [0.25, 0.3) is 0 Å². The number of anilines is 2. The Morgan fingerprint density at radius 3 is 2.91 bits per heavy atom. The third-order valence-electron chi connectivity index (χ3n) is 2.89. The first-order valence-electron chi connectivity index (χ1n) is 6.19. The molecular weight excluding hydrogens is 373 g/mol. The molecular formula is C14H13BrFN3O2S. The maximum absolute atomic E-state index is 13.8. The zero-order valence-corrected chi connectivity index (χ0v) is 14.0. The lowest BCUT2D eigenvalue weighted by Crippen LogP contribution is -2.06. The van der Waals surface area contributed by atoms with Gasteiger partial charge in [0, 0.05) is 31.1 Å². The van der Waals surface area contributed by atoms with Gasteiger partial charge in [-0.25, -0.2) is 9.18 Å². The summed E-state index contributed by atoms with van der Waals surface area (Å²) in [6, 6.07) is 4.65. The Labute approximate surface area is 138 Å². The van der Waals surface area contributed by atoms with Crippen LogP contribution in [0.3, 0.4) is 0 Å². The van der Waals surface area contributed by atoms with Gasteiger partial charge in [0.1, 0.15) is 10.7 Å². The van der Waals surface area contributed by atoms with Crippen molar-refractivity contribution in [3.63, 3.8) is 0 Å². The lowest BCUT2D eigenvalue weighted by molar-refractivity contribution is 0.0701. The van der Waals surface area contributed by atoms with Crippen LogP contribution in [0.15, 0.2) is 27.0 Å². The van der Waals surface area contributed by atoms with Crippen molar-refractivity contribution in [1.82, 2.24) is 0 Å². The molecule has 0 radical (unpaired) electrons. The second-order valence-electron chi connectivity index (χ2n) is 4.41. The molecule has 0 amide bonds. The Bertz CT molecular complexity index is 746. The van der Waals surface area contributed by atoms with Gasteiger partial charge in [-0.15, -0.1) is 11.3 Å². The largest absolute Gasteiger partial charge is 0.477 e. The van der Waals surface area contributed by atoms with Crippen LogP contribution in [-0.4, -0.2) is 24.3 Å². The molecule has 0 aliphatic heterocycles. The van der Waals surface area contributed by atoms with E-state index < -0.39 is 11.8 Å². The van der Waals surface area contributed by atoms with Gasteiger partial charge in [0.2, 0.25) is 0 Å². The Morgan fingerprint density at radius 1 is 1.55 bits per heavy atom. The van der Waals surface area contributed by atoms with E-state index in [9.17, 15) is 9.18 Å². The number of nitrogens with zero attached hydrogens (tertiary/aromatic N) is 1. The van der Waals surface area contributed by atoms with Crippen LogP contribution in [-0.2, 0) is 6.54 Å². The maximum atomic E-state index is 13.8. The number of hydrogen-bond acceptors (Lipinski definition) is 5. The van der Waals surface area contributed by atoms with Crippen molar-refractivity contribution in [3.8, 4) is 0 Å². The van der Waals surface area contributed by atoms with E-state index in [-0.39, 0.29) is 17.1 Å². The van der Waals surface area contributed by atoms with Crippen LogP contribution < -0.4 is 11.1 Å². The average Bonchev–Trinajstić information content (AvgIpc) is 2.83. The summed E-state index contributed by atoms with van der Waals surface area (Å²) in [5, 5.41) is 12.1. The molecule has 0 fully saturated rings. The highest BCUT2D eigenvalue weighted by Gasteiger charge is 2.14. The van der Waals surface area contributed by atoms with Gasteiger partial charge in [-0.3, -0.25) is 4.99 Å². The fourth-order valence-corrected chi connectivity index (χ4v) is 3.40. The summed E-state index contributed by atoms with van der Waals surface area (Å²) < 4.78 is 14.5. The first-order valence-corrected chi connectivity index (χ1v) is 7.80. The molecule has 8 heteroatoms. The van der Waals surface area contributed by atoms with Gasteiger partial charge < -0.3 is 16.2 Å². The molecule has 1 aromatic heterocycles. The van der Waals surface area contributed by atoms with Crippen molar-refractivity contribution in [1.29, 1.82) is 0 Å². The highest BCUT2D eigenvalue weighted by molar-refractivity contribution is 9.11. The first-order chi connectivity index (χ1) is 10.4. The lowest BCUT2D eigenvalue weighted by atomic mass is 10.1. The molecule has 0 saturated carbocycles. The molecule has 22 heavy (non-hydrogen) atoms. The fourth-order valence-electron chi connectivity index (χ4n) is 1.89. The van der Waals surface area contributed by atoms with Crippen LogP contribution in [0.4, 0.5) is 15.8 Å². The van der Waals surface area contributed by atoms with Gasteiger partial charge in [0.05, 0.1) is 9.47 Å². The molecule has 5 nitrogen and oxygen atoms in total. The number of rotatable bonds is 5. The molecule has 0 aliphatic carbocycles. The molecule has 0 atom stereocenters. The summed E-state index contributed by atoms with van der Waals surface area (Å²) in [5.74, 6) is -1.54. The van der Waals surface area contributed by atoms with Crippen molar-refractivity contribution in [2.75, 3.05) is 18.1 Å². The van der Waals surface area contributed by atoms with E-state index in [2.05, 4.69) is 26.2 Å². The minimum atomic E-state index is -0.991. The zero-order chi connectivity index (χ0) is 16.3. The number of benzene rings is 1. The second-order valence-corrected chi connectivity index (χ2v) is 6.84. The van der Waals surface area contributed by atoms with Crippen LogP contribution in [0.2, 0.25) is 0 Å². The predicted octanol–water partition coefficient (Wildman–Crippen LogP) is 3.59. The van der Waals surface area contributed by atoms with Crippen molar-refractivity contribution in [2.24, 2.45) is 4.99 Å². The van der Waals surface area contributed by atoms with Gasteiger partial charge in [-0.2, -0.15) is 0 Å². The van der Waals surface area contributed by atoms with Crippen LogP contribution >= 0.6 is 27.3 Å². The number of carbonyl (C=O) groups is 1. The van der Waals surface area contributed by atoms with Crippen molar-refractivity contribution >= 4 is 50.8 Å². The molecule has 0 aliphatic rings. The maximum Gasteiger partial charge on any atom is 0.346 e. The van der Waals surface area contributed by atoms with E-state index in [1.807, 2.05) is 0 Å². The van der Waals surface area contributed by atoms with Crippen molar-refractivity contribution in [2.45, 2.75) is 6.54 Å². The smallest absolute Gasteiger partial charge is 0.346 e. The molecule has 1 heterocycles. The van der Waals surface area contributed by atoms with Crippen molar-refractivity contribution < 1.29 is 14.3 Å². The van der Waals surface area contributed by atoms with Gasteiger partial charge in [-0.05, 0) is 39.7 Å². The summed E-state index contributed by atoms with van der Waals surface area (Å²) in [6.07, 6.45) is 1.47. The molecule has 2 rings (SSSR count). The minimum Gasteiger partial charge on any atom is -0.477 e. The number of carboxylic acids is 1. The molecule has 0 saturated heterocycles. The summed E-state index contributed by atoms with van der Waals surface area (Å²) in [7, 11) is 1.57. The standard InChI is InChI=1S/C14H13BrFN3O2S/c1-18-5-7-2-9(4-10(16)12(7)17)19-6-8-3-11(15)22-13(8)14(20)21/h2-5,19H,6,17H2,1H3,(H,20,21). The Morgan fingerprint density at radius 2 is 2.27 bits per heavy atom. The number of hydrogen-bond donors (Lipinski definition) is 3. The first kappa shape index (κ1) is 16.4. The van der Waals surface area contributed by atoms with Crippen molar-refractivity contribution in [3.05, 3.63) is 43.8 Å². The van der Waals surface area contributed by atoms with Crippen LogP contribution in [0.25, 0.3) is 0 Å². The second kappa shape index (κ2) is 6.89. The predicted molar refractivity (Wildman–Crippen MR) is 90.6 cm³/mol. The number of nitrogens with one attached hydrogen (secondary N) is 1. The zero-order valence-electron chi connectivity index (χ0n) is 11.6. The molecule has 0 spiro atoms. The van der Waals surface area contributed by atoms with E-state index in [0.29, 0.717) is 16.8 Å². The number of nitrogen functional groups attached to an aromatic ring is 1. The number of aromatic carboxylic acids is 1. The van der Waals surface area contributed by atoms with E-state index in [0.717, 1.165) is 15.1 Å². The number of carboxylic acid groups (broad SMARTS) is 1. The Balaban J connectivity index is 2.24. The highest BCUT2D eigenvalue weighted by Crippen LogP contribution is 2.28. The minimum absolute atomic E-state index is 0.0284. The van der Waals surface area contributed by atoms with E-state index in [1.165, 1.54) is 12.3 Å². The monoisotopic (exact) mass is 385 g/mol. The third-order valence-corrected chi connectivity index (χ3v) is 4.55. The molecule has 116 valence electrons. The summed E-state index contributed by atoms with van der Waals surface area (Å²) in [5.41, 5.74) is 7.25. The molecule has 0 bridgehead atoms. The highest BCUT2D eigenvalue weighted by atomic mass is 79.9. The van der Waals surface area contributed by atoms with Crippen LogP contribution in [0, 0.1) is 5.82 Å². The topological polar surface area (TPSA) is 87.7 Å². The van der Waals surface area contributed by atoms with E-state index in [1.54, 1.807) is 19.2 Å². The summed E-state index contributed by atoms with van der Waals surface area (Å²) in [4.78, 5) is 15.2. The lowest BCUT2D eigenvalue weighted by Gasteiger charge is -2.09. The number of aliphatic imine (C=N–C) groups is 1. The van der Waals surface area contributed by atoms with Gasteiger partial charge >= 0.3 is 5.97 Å². The SMILES string of the molecule is CN=Cc1cc(NCc2cc(Br)sc2C(=O)O)cc(F)c1N. The molecule has 0 unspecified atom stereocenters. The van der Waals surface area contributed by atoms with E-state index >= 15 is 0 Å². The van der Waals surface area contributed by atoms with Gasteiger partial charge in [0.15, 0.2) is 0 Å². The van der Waals surface area contributed by atoms with Crippen LogP contribution in [0.1, 0.15) is 20.8 Å². The number of halogens is 2. The fraction of sp³-hybridized carbons (Fsp3) is 0.143. The molecule has 1 aromatic carbocycles. The summed E-state index contributed by atoms with van der Waals surface area (Å²) in [6.45, 7) is 0.260. The Hall–Kier alpha value is -1.93. The summed E-state index contributed by atoms with van der Waals surface area (Å²) >= 11 is 4.40. The third kappa shape index (κ3) is 3.63. The van der Waals surface area contributed by atoms with Gasteiger partial charge in [-0.1, -0.05) is 0 Å².